The molecule has 252 valence electrons. The summed E-state index contributed by atoms with van der Waals surface area (Å²) >= 11 is 0. The van der Waals surface area contributed by atoms with Crippen LogP contribution in [0.3, 0.4) is 0 Å². The van der Waals surface area contributed by atoms with Gasteiger partial charge in [0.05, 0.1) is 39.1 Å². The van der Waals surface area contributed by atoms with Gasteiger partial charge in [-0.15, -0.1) is 0 Å². The molecule has 2 aromatic carbocycles. The number of anilines is 2. The smallest absolute Gasteiger partial charge is 0.318 e. The van der Waals surface area contributed by atoms with E-state index in [9.17, 15) is 28.0 Å². The van der Waals surface area contributed by atoms with Crippen LogP contribution in [0.1, 0.15) is 22.8 Å². The van der Waals surface area contributed by atoms with Crippen LogP contribution in [0, 0.1) is 11.6 Å². The molecule has 0 spiro atoms. The van der Waals surface area contributed by atoms with Gasteiger partial charge >= 0.3 is 12.1 Å². The fraction of sp³-hybridized carbons (Fsp3) is 0.312. The SMILES string of the molecule is CCc1cc(Nc2nccn3c(-c4ccc(OC)c(F)c4F)cnc23)ccc1C(=O)NC1CN(C(=O)C[N+](C)(C)C(OC=O)C(N)=O)C1. The van der Waals surface area contributed by atoms with Crippen LogP contribution in [0.5, 0.6) is 5.75 Å². The Hall–Kier alpha value is -5.64. The van der Waals surface area contributed by atoms with Crippen LogP contribution >= 0.6 is 0 Å². The maximum atomic E-state index is 14.9. The van der Waals surface area contributed by atoms with Crippen LogP contribution in [0.2, 0.25) is 0 Å². The summed E-state index contributed by atoms with van der Waals surface area (Å²) in [7, 11) is 4.36. The lowest BCUT2D eigenvalue weighted by molar-refractivity contribution is -0.917. The fourth-order valence-electron chi connectivity index (χ4n) is 5.61. The Morgan fingerprint density at radius 3 is 2.56 bits per heavy atom. The van der Waals surface area contributed by atoms with Crippen molar-refractivity contribution in [1.82, 2.24) is 24.6 Å². The molecule has 3 amide bonds. The van der Waals surface area contributed by atoms with Crippen molar-refractivity contribution in [2.24, 2.45) is 5.73 Å². The third kappa shape index (κ3) is 6.60. The van der Waals surface area contributed by atoms with E-state index in [-0.39, 0.29) is 59.8 Å². The first-order chi connectivity index (χ1) is 22.9. The number of aryl methyl sites for hydroxylation is 1. The zero-order valence-corrected chi connectivity index (χ0v) is 26.7. The summed E-state index contributed by atoms with van der Waals surface area (Å²) in [5.41, 5.74) is 7.86. The number of fused-ring (bicyclic) bond motifs is 1. The molecule has 2 aromatic heterocycles. The number of carbonyl (C=O) groups is 4. The van der Waals surface area contributed by atoms with Gasteiger partial charge < -0.3 is 30.7 Å². The molecule has 1 saturated heterocycles. The van der Waals surface area contributed by atoms with Crippen molar-refractivity contribution in [2.45, 2.75) is 25.6 Å². The van der Waals surface area contributed by atoms with E-state index in [4.69, 9.17) is 15.2 Å². The third-order valence-electron chi connectivity index (χ3n) is 8.14. The van der Waals surface area contributed by atoms with E-state index in [1.807, 2.05) is 13.0 Å². The minimum absolute atomic E-state index is 0.00412. The van der Waals surface area contributed by atoms with E-state index in [2.05, 4.69) is 20.6 Å². The lowest BCUT2D eigenvalue weighted by Gasteiger charge is -2.42. The molecule has 1 aliphatic heterocycles. The van der Waals surface area contributed by atoms with E-state index in [1.54, 1.807) is 36.8 Å². The van der Waals surface area contributed by atoms with Crippen molar-refractivity contribution in [3.05, 3.63) is 71.7 Å². The molecule has 4 N–H and O–H groups in total. The molecule has 16 heteroatoms. The van der Waals surface area contributed by atoms with Crippen LogP contribution in [-0.4, -0.2) is 101 Å². The van der Waals surface area contributed by atoms with Crippen molar-refractivity contribution >= 4 is 41.3 Å². The van der Waals surface area contributed by atoms with Gasteiger partial charge in [-0.2, -0.15) is 4.39 Å². The van der Waals surface area contributed by atoms with Crippen molar-refractivity contribution in [3.8, 4) is 17.0 Å². The Labute approximate surface area is 274 Å². The van der Waals surface area contributed by atoms with Crippen molar-refractivity contribution in [2.75, 3.05) is 46.2 Å². The summed E-state index contributed by atoms with van der Waals surface area (Å²) in [5.74, 6) is -3.47. The van der Waals surface area contributed by atoms with E-state index >= 15 is 0 Å². The minimum Gasteiger partial charge on any atom is -0.494 e. The van der Waals surface area contributed by atoms with Gasteiger partial charge in [0.1, 0.15) is 0 Å². The van der Waals surface area contributed by atoms with Gasteiger partial charge in [-0.1, -0.05) is 6.92 Å². The summed E-state index contributed by atoms with van der Waals surface area (Å²) < 4.78 is 40.3. The number of hydrogen-bond acceptors (Lipinski definition) is 9. The topological polar surface area (TPSA) is 170 Å². The number of benzene rings is 2. The van der Waals surface area contributed by atoms with Crippen LogP contribution in [0.4, 0.5) is 20.3 Å². The Bertz CT molecular complexity index is 1890. The largest absolute Gasteiger partial charge is 0.494 e. The number of rotatable bonds is 13. The summed E-state index contributed by atoms with van der Waals surface area (Å²) in [6, 6.07) is 7.69. The Kier molecular flexibility index (Phi) is 9.56. The first-order valence-electron chi connectivity index (χ1n) is 14.9. The highest BCUT2D eigenvalue weighted by atomic mass is 19.2. The van der Waals surface area contributed by atoms with Gasteiger partial charge in [-0.05, 0) is 42.3 Å². The number of halogens is 2. The van der Waals surface area contributed by atoms with E-state index < -0.39 is 23.8 Å². The molecular formula is C32H35F2N8O6+. The number of amides is 3. The molecule has 1 fully saturated rings. The molecule has 5 rings (SSSR count). The number of imidazole rings is 1. The molecule has 0 saturated carbocycles. The molecule has 0 aliphatic carbocycles. The van der Waals surface area contributed by atoms with E-state index in [0.717, 1.165) is 5.56 Å². The van der Waals surface area contributed by atoms with Crippen molar-refractivity contribution < 1.29 is 41.9 Å². The number of likely N-dealkylation sites (tertiary alicyclic amines) is 1. The molecule has 0 bridgehead atoms. The lowest BCUT2D eigenvalue weighted by Crippen LogP contribution is -2.65. The number of likely N-dealkylation sites (N-methyl/N-ethyl adjacent to an activating group) is 1. The second-order valence-corrected chi connectivity index (χ2v) is 11.8. The monoisotopic (exact) mass is 665 g/mol. The van der Waals surface area contributed by atoms with Gasteiger partial charge in [0, 0.05) is 42.3 Å². The summed E-state index contributed by atoms with van der Waals surface area (Å²) in [6.45, 7) is 2.44. The van der Waals surface area contributed by atoms with Gasteiger partial charge in [0.25, 0.3) is 18.3 Å². The molecule has 3 heterocycles. The number of methoxy groups -OCH3 is 1. The van der Waals surface area contributed by atoms with Crippen LogP contribution in [0.15, 0.2) is 48.9 Å². The van der Waals surface area contributed by atoms with Gasteiger partial charge in [-0.3, -0.25) is 28.1 Å². The number of quaternary nitrogens is 1. The first-order valence-corrected chi connectivity index (χ1v) is 14.9. The maximum Gasteiger partial charge on any atom is 0.318 e. The average molecular weight is 666 g/mol. The van der Waals surface area contributed by atoms with Crippen LogP contribution < -0.4 is 21.1 Å². The number of nitrogens with zero attached hydrogens (tertiary/aromatic N) is 5. The lowest BCUT2D eigenvalue weighted by atomic mass is 10.0. The molecule has 1 atom stereocenters. The Morgan fingerprint density at radius 1 is 1.15 bits per heavy atom. The first kappa shape index (κ1) is 33.7. The molecule has 48 heavy (non-hydrogen) atoms. The number of ether oxygens (including phenoxy) is 2. The normalized spacial score (nSPS) is 13.8. The zero-order chi connectivity index (χ0) is 34.7. The maximum absolute atomic E-state index is 14.9. The van der Waals surface area contributed by atoms with Crippen LogP contribution in [0.25, 0.3) is 16.9 Å². The highest BCUT2D eigenvalue weighted by molar-refractivity contribution is 5.96. The number of carbonyl (C=O) groups excluding carboxylic acids is 4. The van der Waals surface area contributed by atoms with Crippen molar-refractivity contribution in [1.29, 1.82) is 0 Å². The zero-order valence-electron chi connectivity index (χ0n) is 26.7. The second-order valence-electron chi connectivity index (χ2n) is 11.8. The molecule has 4 aromatic rings. The number of aromatic nitrogens is 3. The highest BCUT2D eigenvalue weighted by Gasteiger charge is 2.41. The predicted molar refractivity (Wildman–Crippen MR) is 169 cm³/mol. The van der Waals surface area contributed by atoms with Gasteiger partial charge in [0.15, 0.2) is 29.6 Å². The molecule has 1 aliphatic rings. The molecule has 1 unspecified atom stereocenters. The summed E-state index contributed by atoms with van der Waals surface area (Å²) in [4.78, 5) is 58.8. The fourth-order valence-corrected chi connectivity index (χ4v) is 5.61. The minimum atomic E-state index is -1.32. The van der Waals surface area contributed by atoms with E-state index in [0.29, 0.717) is 34.8 Å². The van der Waals surface area contributed by atoms with Gasteiger partial charge in [-0.25, -0.2) is 14.4 Å². The average Bonchev–Trinajstić information content (AvgIpc) is 3.46. The Balaban J connectivity index is 1.24. The Morgan fingerprint density at radius 2 is 1.90 bits per heavy atom. The number of primary amides is 1. The van der Waals surface area contributed by atoms with Gasteiger partial charge in [0.2, 0.25) is 5.82 Å². The molecule has 0 radical (unpaired) electrons. The number of hydrogen-bond donors (Lipinski definition) is 3. The second kappa shape index (κ2) is 13.6. The summed E-state index contributed by atoms with van der Waals surface area (Å²) in [6.07, 6.45) is 3.74. The highest BCUT2D eigenvalue weighted by Crippen LogP contribution is 2.32. The van der Waals surface area contributed by atoms with Crippen LogP contribution in [-0.2, 0) is 25.5 Å². The van der Waals surface area contributed by atoms with E-state index in [1.165, 1.54) is 36.5 Å². The quantitative estimate of drug-likeness (QED) is 0.110. The molecule has 14 nitrogen and oxygen atoms in total. The summed E-state index contributed by atoms with van der Waals surface area (Å²) in [5, 5.41) is 6.15. The predicted octanol–water partition coefficient (Wildman–Crippen LogP) is 1.99. The third-order valence-corrected chi connectivity index (χ3v) is 8.14. The molecular weight excluding hydrogens is 630 g/mol. The van der Waals surface area contributed by atoms with Crippen molar-refractivity contribution in [3.63, 3.8) is 0 Å². The standard InChI is InChI=1S/C32H34F2N8O6/c1-5-18-12-19(38-29-30-37-13-23(41(30)11-10-36-29)22-8-9-24(47-4)27(34)26(22)33)6-7-21(18)31(46)39-20-14-40(15-20)25(44)16-42(2,3)32(28(35)45)48-17-43/h6-13,17,20,32H,5,14-16H2,1-4H3,(H3-,35,36,38,39,45,46)/p+1. The number of nitrogens with one attached hydrogen (secondary N) is 2. The number of nitrogens with two attached hydrogens (primary N) is 1.